The van der Waals surface area contributed by atoms with Crippen LogP contribution in [0.15, 0.2) is 72.9 Å². The standard InChI is InChI=1S/C79H142O17P2/c1-5-9-13-17-21-25-29-33-36-40-44-48-52-56-60-64-77(82)90-70-75(96-79(84)66-62-58-54-50-46-42-38-35-31-27-23-19-15-11-7-3)72-94-98(87,88)92-68-73(80)67-91-97(85,86)93-71-74(69-89-76(81)63-59-55-51-47-43-39-32-28-24-20-16-12-8-4)95-78(83)65-61-57-53-49-45-41-37-34-30-26-22-18-14-10-6-2/h21,25-27,30-31,33-38,73-75,80H,5-20,22-24,28-29,32,39-72H2,1-4H3,(H,85,86)(H,87,88)/b25-21-,30-26-,31-27-,36-33-,37-34-,38-35-/t73-,74+,75+/m0/s1. The highest BCUT2D eigenvalue weighted by Gasteiger charge is 2.30. The molecule has 0 bridgehead atoms. The molecule has 0 aromatic heterocycles. The molecule has 3 N–H and O–H groups in total. The van der Waals surface area contributed by atoms with E-state index in [9.17, 15) is 43.2 Å². The molecule has 0 saturated carbocycles. The van der Waals surface area contributed by atoms with Crippen molar-refractivity contribution in [1.29, 1.82) is 0 Å². The fourth-order valence-corrected chi connectivity index (χ4v) is 12.2. The number of carbonyl (C=O) groups excluding carboxylic acids is 4. The van der Waals surface area contributed by atoms with E-state index in [2.05, 4.69) is 101 Å². The Hall–Kier alpha value is -3.50. The summed E-state index contributed by atoms with van der Waals surface area (Å²) in [6, 6.07) is 0. The number of phosphoric acid groups is 2. The molecule has 19 heteroatoms. The van der Waals surface area contributed by atoms with E-state index in [1.165, 1.54) is 128 Å². The number of hydrogen-bond donors (Lipinski definition) is 3. The number of carbonyl (C=O) groups is 4. The third-order valence-electron chi connectivity index (χ3n) is 16.7. The lowest BCUT2D eigenvalue weighted by Crippen LogP contribution is -2.30. The number of rotatable bonds is 74. The maximum absolute atomic E-state index is 13.1. The maximum Gasteiger partial charge on any atom is 0.472 e. The van der Waals surface area contributed by atoms with Crippen LogP contribution in [0.4, 0.5) is 0 Å². The Morgan fingerprint density at radius 3 is 0.847 bits per heavy atom. The van der Waals surface area contributed by atoms with E-state index in [0.717, 1.165) is 141 Å². The first-order valence-electron chi connectivity index (χ1n) is 39.2. The third kappa shape index (κ3) is 70.9. The Bertz CT molecular complexity index is 2140. The Kier molecular flexibility index (Phi) is 69.3. The van der Waals surface area contributed by atoms with Crippen molar-refractivity contribution in [3.63, 3.8) is 0 Å². The largest absolute Gasteiger partial charge is 0.472 e. The molecule has 5 atom stereocenters. The van der Waals surface area contributed by atoms with Gasteiger partial charge in [0.25, 0.3) is 0 Å². The van der Waals surface area contributed by atoms with Crippen LogP contribution in [0.2, 0.25) is 0 Å². The van der Waals surface area contributed by atoms with Gasteiger partial charge in [-0.15, -0.1) is 0 Å². The van der Waals surface area contributed by atoms with Crippen LogP contribution in [0, 0.1) is 0 Å². The summed E-state index contributed by atoms with van der Waals surface area (Å²) in [5, 5.41) is 10.6. The number of hydrogen-bond acceptors (Lipinski definition) is 15. The average molecular weight is 1430 g/mol. The molecule has 570 valence electrons. The molecule has 0 fully saturated rings. The molecule has 0 aromatic carbocycles. The molecule has 98 heavy (non-hydrogen) atoms. The molecule has 0 spiro atoms. The zero-order chi connectivity index (χ0) is 71.8. The van der Waals surface area contributed by atoms with Crippen LogP contribution in [0.5, 0.6) is 0 Å². The van der Waals surface area contributed by atoms with Crippen molar-refractivity contribution >= 4 is 39.5 Å². The molecule has 0 heterocycles. The van der Waals surface area contributed by atoms with Crippen molar-refractivity contribution in [2.75, 3.05) is 39.6 Å². The van der Waals surface area contributed by atoms with E-state index >= 15 is 0 Å². The summed E-state index contributed by atoms with van der Waals surface area (Å²) in [6.07, 6.45) is 71.6. The number of esters is 4. The zero-order valence-electron chi connectivity index (χ0n) is 62.2. The summed E-state index contributed by atoms with van der Waals surface area (Å²) < 4.78 is 68.5. The Labute approximate surface area is 596 Å². The van der Waals surface area contributed by atoms with Crippen LogP contribution in [0.25, 0.3) is 0 Å². The molecule has 0 aliphatic heterocycles. The Morgan fingerprint density at radius 2 is 0.531 bits per heavy atom. The molecule has 2 unspecified atom stereocenters. The second kappa shape index (κ2) is 71.9. The molecule has 0 aliphatic rings. The van der Waals surface area contributed by atoms with Crippen molar-refractivity contribution in [3.8, 4) is 0 Å². The van der Waals surface area contributed by atoms with Crippen molar-refractivity contribution in [2.45, 2.75) is 367 Å². The summed E-state index contributed by atoms with van der Waals surface area (Å²) in [5.74, 6) is -2.20. The minimum atomic E-state index is -4.98. The second-order valence-corrected chi connectivity index (χ2v) is 29.3. The fraction of sp³-hybridized carbons (Fsp3) is 0.797. The fourth-order valence-electron chi connectivity index (χ4n) is 10.6. The first-order chi connectivity index (χ1) is 47.7. The topological polar surface area (TPSA) is 237 Å². The molecular formula is C79H142O17P2. The van der Waals surface area contributed by atoms with Gasteiger partial charge in [-0.25, -0.2) is 9.13 Å². The van der Waals surface area contributed by atoms with Crippen molar-refractivity contribution in [1.82, 2.24) is 0 Å². The highest BCUT2D eigenvalue weighted by atomic mass is 31.2. The van der Waals surface area contributed by atoms with Gasteiger partial charge in [0.2, 0.25) is 0 Å². The Morgan fingerprint density at radius 1 is 0.296 bits per heavy atom. The first-order valence-corrected chi connectivity index (χ1v) is 42.2. The van der Waals surface area contributed by atoms with Crippen LogP contribution in [-0.2, 0) is 65.4 Å². The molecule has 0 saturated heterocycles. The van der Waals surface area contributed by atoms with E-state index in [0.29, 0.717) is 25.7 Å². The minimum absolute atomic E-state index is 0.0764. The van der Waals surface area contributed by atoms with Gasteiger partial charge >= 0.3 is 39.5 Å². The van der Waals surface area contributed by atoms with Gasteiger partial charge in [-0.2, -0.15) is 0 Å². The number of unbranched alkanes of at least 4 members (excludes halogenated alkanes) is 38. The van der Waals surface area contributed by atoms with Crippen LogP contribution >= 0.6 is 15.6 Å². The first kappa shape index (κ1) is 94.5. The number of phosphoric ester groups is 2. The third-order valence-corrected chi connectivity index (χ3v) is 18.6. The van der Waals surface area contributed by atoms with Gasteiger partial charge in [0.15, 0.2) is 12.2 Å². The smallest absolute Gasteiger partial charge is 0.462 e. The molecule has 17 nitrogen and oxygen atoms in total. The van der Waals surface area contributed by atoms with Gasteiger partial charge in [-0.3, -0.25) is 37.3 Å². The van der Waals surface area contributed by atoms with Crippen molar-refractivity contribution in [3.05, 3.63) is 72.9 Å². The minimum Gasteiger partial charge on any atom is -0.462 e. The molecule has 0 rings (SSSR count). The summed E-state index contributed by atoms with van der Waals surface area (Å²) in [6.45, 7) is 4.80. The predicted octanol–water partition coefficient (Wildman–Crippen LogP) is 22.4. The quantitative estimate of drug-likeness (QED) is 0.0128. The van der Waals surface area contributed by atoms with E-state index in [1.807, 2.05) is 0 Å². The maximum atomic E-state index is 13.1. The monoisotopic (exact) mass is 1420 g/mol. The predicted molar refractivity (Wildman–Crippen MR) is 400 cm³/mol. The lowest BCUT2D eigenvalue weighted by molar-refractivity contribution is -0.161. The summed E-state index contributed by atoms with van der Waals surface area (Å²) in [4.78, 5) is 72.9. The molecular weight excluding hydrogens is 1280 g/mol. The highest BCUT2D eigenvalue weighted by molar-refractivity contribution is 7.47. The lowest BCUT2D eigenvalue weighted by Gasteiger charge is -2.21. The van der Waals surface area contributed by atoms with E-state index < -0.39 is 97.5 Å². The molecule has 0 amide bonds. The normalized spacial score (nSPS) is 14.3. The van der Waals surface area contributed by atoms with Gasteiger partial charge in [0.1, 0.15) is 19.3 Å². The molecule has 0 aromatic rings. The van der Waals surface area contributed by atoms with Crippen LogP contribution < -0.4 is 0 Å². The van der Waals surface area contributed by atoms with Crippen LogP contribution in [0.1, 0.15) is 349 Å². The lowest BCUT2D eigenvalue weighted by atomic mass is 10.0. The van der Waals surface area contributed by atoms with Gasteiger partial charge < -0.3 is 33.8 Å². The number of ether oxygens (including phenoxy) is 4. The van der Waals surface area contributed by atoms with Gasteiger partial charge in [-0.1, -0.05) is 287 Å². The van der Waals surface area contributed by atoms with E-state index in [1.54, 1.807) is 0 Å². The number of allylic oxidation sites excluding steroid dienone is 12. The zero-order valence-corrected chi connectivity index (χ0v) is 64.0. The SMILES string of the molecule is CCCCC/C=C\C/C=C\CCCCCCCC(=O)OC[C@H](COP(=O)(O)OC[C@@H](O)COP(=O)(O)OC[C@@H](COC(=O)CCCCCCCCCCCCCCC)OC(=O)CCCCCCC/C=C\C=C/CCCCCC)OC(=O)CCCCCCC/C=C\C=C/CCCCCC. The van der Waals surface area contributed by atoms with Crippen LogP contribution in [0.3, 0.4) is 0 Å². The second-order valence-electron chi connectivity index (χ2n) is 26.4. The number of aliphatic hydroxyl groups is 1. The van der Waals surface area contributed by atoms with Gasteiger partial charge in [0, 0.05) is 25.7 Å². The van der Waals surface area contributed by atoms with Gasteiger partial charge in [-0.05, 0) is 109 Å². The van der Waals surface area contributed by atoms with Gasteiger partial charge in [0.05, 0.1) is 26.4 Å². The molecule has 0 aliphatic carbocycles. The summed E-state index contributed by atoms with van der Waals surface area (Å²) in [7, 11) is -9.95. The van der Waals surface area contributed by atoms with Crippen LogP contribution in [-0.4, -0.2) is 96.7 Å². The van der Waals surface area contributed by atoms with E-state index in [-0.39, 0.29) is 25.7 Å². The average Bonchev–Trinajstić information content (AvgIpc) is 1.04. The summed E-state index contributed by atoms with van der Waals surface area (Å²) in [5.41, 5.74) is 0. The summed E-state index contributed by atoms with van der Waals surface area (Å²) >= 11 is 0. The van der Waals surface area contributed by atoms with Crippen molar-refractivity contribution < 1.29 is 80.2 Å². The Balaban J connectivity index is 5.37. The van der Waals surface area contributed by atoms with E-state index in [4.69, 9.17) is 37.0 Å². The number of aliphatic hydroxyl groups excluding tert-OH is 1. The van der Waals surface area contributed by atoms with Crippen molar-refractivity contribution in [2.24, 2.45) is 0 Å². The molecule has 0 radical (unpaired) electrons. The highest BCUT2D eigenvalue weighted by Crippen LogP contribution is 2.45.